The topological polar surface area (TPSA) is 32.3 Å². The van der Waals surface area contributed by atoms with Gasteiger partial charge >= 0.3 is 0 Å². The zero-order chi connectivity index (χ0) is 12.0. The molecule has 1 rings (SSSR count). The molecule has 0 aliphatic rings. The van der Waals surface area contributed by atoms with Crippen LogP contribution < -0.4 is 5.32 Å². The average Bonchev–Trinajstić information content (AvgIpc) is 2.27. The Kier molecular flexibility index (Phi) is 5.15. The normalized spacial score (nSPS) is 14.4. The fraction of sp³-hybridized carbons (Fsp3) is 0.385. The van der Waals surface area contributed by atoms with Gasteiger partial charge in [-0.2, -0.15) is 0 Å². The molecule has 0 aliphatic heterocycles. The van der Waals surface area contributed by atoms with Crippen molar-refractivity contribution in [2.24, 2.45) is 0 Å². The van der Waals surface area contributed by atoms with Gasteiger partial charge in [0.1, 0.15) is 5.82 Å². The molecule has 16 heavy (non-hydrogen) atoms. The lowest BCUT2D eigenvalue weighted by Gasteiger charge is -2.16. The summed E-state index contributed by atoms with van der Waals surface area (Å²) in [6.45, 7) is 5.98. The fourth-order valence-electron chi connectivity index (χ4n) is 1.50. The van der Waals surface area contributed by atoms with Crippen molar-refractivity contribution in [1.82, 2.24) is 5.32 Å². The van der Waals surface area contributed by atoms with Gasteiger partial charge in [0, 0.05) is 18.2 Å². The molecule has 0 bridgehead atoms. The molecule has 0 aliphatic carbocycles. The molecule has 3 heteroatoms. The highest BCUT2D eigenvalue weighted by Gasteiger charge is 2.12. The first-order valence-corrected chi connectivity index (χ1v) is 5.42. The maximum absolute atomic E-state index is 13.3. The smallest absolute Gasteiger partial charge is 0.129 e. The number of rotatable bonds is 6. The average molecular weight is 223 g/mol. The van der Waals surface area contributed by atoms with Gasteiger partial charge in [-0.15, -0.1) is 6.58 Å². The summed E-state index contributed by atoms with van der Waals surface area (Å²) in [6, 6.07) is 6.51. The van der Waals surface area contributed by atoms with Crippen LogP contribution in [0.15, 0.2) is 36.9 Å². The lowest BCUT2D eigenvalue weighted by atomic mass is 10.1. The van der Waals surface area contributed by atoms with Gasteiger partial charge in [-0.3, -0.25) is 0 Å². The maximum Gasteiger partial charge on any atom is 0.129 e. The highest BCUT2D eigenvalue weighted by Crippen LogP contribution is 2.15. The van der Waals surface area contributed by atoms with E-state index < -0.39 is 6.10 Å². The van der Waals surface area contributed by atoms with E-state index in [1.165, 1.54) is 6.07 Å². The van der Waals surface area contributed by atoms with Gasteiger partial charge in [0.05, 0.1) is 6.10 Å². The maximum atomic E-state index is 13.3. The molecule has 88 valence electrons. The fourth-order valence-corrected chi connectivity index (χ4v) is 1.50. The van der Waals surface area contributed by atoms with Crippen LogP contribution in [0.3, 0.4) is 0 Å². The third kappa shape index (κ3) is 3.76. The first kappa shape index (κ1) is 12.9. The van der Waals surface area contributed by atoms with Crippen LogP contribution in [-0.2, 0) is 0 Å². The first-order chi connectivity index (χ1) is 7.65. The molecule has 0 saturated heterocycles. The minimum atomic E-state index is -0.812. The second-order valence-corrected chi connectivity index (χ2v) is 3.87. The summed E-state index contributed by atoms with van der Waals surface area (Å²) in [7, 11) is 0. The van der Waals surface area contributed by atoms with Crippen LogP contribution in [0.1, 0.15) is 25.0 Å². The quantitative estimate of drug-likeness (QED) is 0.726. The molecule has 2 atom stereocenters. The SMILES string of the molecule is C=CCC(C)NCC(O)c1ccccc1F. The predicted octanol–water partition coefficient (Wildman–Crippen LogP) is 2.41. The molecule has 0 spiro atoms. The molecule has 0 amide bonds. The molecule has 1 aromatic carbocycles. The molecule has 2 nitrogen and oxygen atoms in total. The number of hydrogen-bond donors (Lipinski definition) is 2. The van der Waals surface area contributed by atoms with Gasteiger partial charge in [-0.25, -0.2) is 4.39 Å². The number of aliphatic hydroxyl groups excluding tert-OH is 1. The Morgan fingerprint density at radius 2 is 2.19 bits per heavy atom. The summed E-state index contributed by atoms with van der Waals surface area (Å²) in [5, 5.41) is 12.9. The second kappa shape index (κ2) is 6.40. The molecule has 2 unspecified atom stereocenters. The Balaban J connectivity index is 2.49. The van der Waals surface area contributed by atoms with Crippen LogP contribution in [0.2, 0.25) is 0 Å². The largest absolute Gasteiger partial charge is 0.387 e. The summed E-state index contributed by atoms with van der Waals surface area (Å²) in [5.41, 5.74) is 0.334. The van der Waals surface area contributed by atoms with Crippen molar-refractivity contribution in [2.75, 3.05) is 6.54 Å². The van der Waals surface area contributed by atoms with Crippen molar-refractivity contribution in [2.45, 2.75) is 25.5 Å². The van der Waals surface area contributed by atoms with Gasteiger partial charge < -0.3 is 10.4 Å². The molecule has 0 aromatic heterocycles. The molecular formula is C13H18FNO. The van der Waals surface area contributed by atoms with Crippen LogP contribution >= 0.6 is 0 Å². The molecule has 1 aromatic rings. The Morgan fingerprint density at radius 1 is 1.50 bits per heavy atom. The van der Waals surface area contributed by atoms with E-state index in [-0.39, 0.29) is 11.9 Å². The number of hydrogen-bond acceptors (Lipinski definition) is 2. The standard InChI is InChI=1S/C13H18FNO/c1-3-6-10(2)15-9-13(16)11-7-4-5-8-12(11)14/h3-5,7-8,10,13,15-16H,1,6,9H2,2H3. The molecule has 0 heterocycles. The minimum Gasteiger partial charge on any atom is -0.387 e. The van der Waals surface area contributed by atoms with Crippen LogP contribution in [0, 0.1) is 5.82 Å². The van der Waals surface area contributed by atoms with Crippen LogP contribution in [0.25, 0.3) is 0 Å². The van der Waals surface area contributed by atoms with Crippen LogP contribution in [0.4, 0.5) is 4.39 Å². The Hall–Kier alpha value is -1.19. The Bertz CT molecular complexity index is 340. The summed E-state index contributed by atoms with van der Waals surface area (Å²) in [5.74, 6) is -0.367. The van der Waals surface area contributed by atoms with Crippen molar-refractivity contribution in [3.05, 3.63) is 48.3 Å². The number of aliphatic hydroxyl groups is 1. The van der Waals surface area contributed by atoms with E-state index in [2.05, 4.69) is 11.9 Å². The molecule has 0 radical (unpaired) electrons. The number of halogens is 1. The third-order valence-corrected chi connectivity index (χ3v) is 2.44. The van der Waals surface area contributed by atoms with E-state index in [4.69, 9.17) is 0 Å². The molecular weight excluding hydrogens is 205 g/mol. The first-order valence-electron chi connectivity index (χ1n) is 5.42. The van der Waals surface area contributed by atoms with Crippen molar-refractivity contribution < 1.29 is 9.50 Å². The number of nitrogens with one attached hydrogen (secondary N) is 1. The van der Waals surface area contributed by atoms with E-state index in [1.807, 2.05) is 13.0 Å². The van der Waals surface area contributed by atoms with Gasteiger partial charge in [0.25, 0.3) is 0 Å². The van der Waals surface area contributed by atoms with Gasteiger partial charge in [-0.1, -0.05) is 24.3 Å². The van der Waals surface area contributed by atoms with E-state index >= 15 is 0 Å². The van der Waals surface area contributed by atoms with E-state index in [9.17, 15) is 9.50 Å². The van der Waals surface area contributed by atoms with E-state index in [0.717, 1.165) is 6.42 Å². The molecule has 0 fully saturated rings. The van der Waals surface area contributed by atoms with Gasteiger partial charge in [0.15, 0.2) is 0 Å². The van der Waals surface area contributed by atoms with Crippen LogP contribution in [-0.4, -0.2) is 17.7 Å². The van der Waals surface area contributed by atoms with Gasteiger partial charge in [-0.05, 0) is 19.4 Å². The molecule has 2 N–H and O–H groups in total. The lowest BCUT2D eigenvalue weighted by Crippen LogP contribution is -2.30. The van der Waals surface area contributed by atoms with Crippen molar-refractivity contribution in [3.8, 4) is 0 Å². The summed E-state index contributed by atoms with van der Waals surface area (Å²) >= 11 is 0. The molecule has 0 saturated carbocycles. The highest BCUT2D eigenvalue weighted by molar-refractivity contribution is 5.19. The minimum absolute atomic E-state index is 0.235. The summed E-state index contributed by atoms with van der Waals surface area (Å²) in [4.78, 5) is 0. The zero-order valence-corrected chi connectivity index (χ0v) is 9.49. The second-order valence-electron chi connectivity index (χ2n) is 3.87. The lowest BCUT2D eigenvalue weighted by molar-refractivity contribution is 0.166. The number of benzene rings is 1. The van der Waals surface area contributed by atoms with E-state index in [1.54, 1.807) is 18.2 Å². The van der Waals surface area contributed by atoms with E-state index in [0.29, 0.717) is 12.1 Å². The zero-order valence-electron chi connectivity index (χ0n) is 9.49. The Morgan fingerprint density at radius 3 is 2.81 bits per heavy atom. The Labute approximate surface area is 95.8 Å². The predicted molar refractivity (Wildman–Crippen MR) is 63.6 cm³/mol. The summed E-state index contributed by atoms with van der Waals surface area (Å²) < 4.78 is 13.3. The monoisotopic (exact) mass is 223 g/mol. The highest BCUT2D eigenvalue weighted by atomic mass is 19.1. The third-order valence-electron chi connectivity index (χ3n) is 2.44. The summed E-state index contributed by atoms with van der Waals surface area (Å²) in [6.07, 6.45) is 1.82. The van der Waals surface area contributed by atoms with Crippen molar-refractivity contribution in [1.29, 1.82) is 0 Å². The van der Waals surface area contributed by atoms with Gasteiger partial charge in [0.2, 0.25) is 0 Å². The van der Waals surface area contributed by atoms with Crippen LogP contribution in [0.5, 0.6) is 0 Å². The van der Waals surface area contributed by atoms with Crippen molar-refractivity contribution in [3.63, 3.8) is 0 Å². The van der Waals surface area contributed by atoms with Crippen molar-refractivity contribution >= 4 is 0 Å².